The van der Waals surface area contributed by atoms with Crippen LogP contribution in [0, 0.1) is 0 Å². The third kappa shape index (κ3) is 1.54. The molecule has 0 aromatic carbocycles. The molecule has 1 atom stereocenters. The Labute approximate surface area is 88.6 Å². The number of nitrogens with one attached hydrogen (secondary N) is 1. The van der Waals surface area contributed by atoms with E-state index in [1.54, 1.807) is 0 Å². The highest BCUT2D eigenvalue weighted by molar-refractivity contribution is 8.02. The summed E-state index contributed by atoms with van der Waals surface area (Å²) in [5.74, 6) is -0.716. The molecule has 0 amide bonds. The molecule has 0 bridgehead atoms. The summed E-state index contributed by atoms with van der Waals surface area (Å²) in [7, 11) is 0. The van der Waals surface area contributed by atoms with Gasteiger partial charge in [-0.15, -0.1) is 11.8 Å². The van der Waals surface area contributed by atoms with Crippen molar-refractivity contribution in [2.75, 3.05) is 0 Å². The highest BCUT2D eigenvalue weighted by Crippen LogP contribution is 2.52. The van der Waals surface area contributed by atoms with Crippen LogP contribution in [0.3, 0.4) is 0 Å². The van der Waals surface area contributed by atoms with Crippen LogP contribution in [0.25, 0.3) is 0 Å². The second kappa shape index (κ2) is 3.14. The molecule has 0 aromatic rings. The highest BCUT2D eigenvalue weighted by Gasteiger charge is 2.53. The number of carbonyl (C=O) groups is 1. The van der Waals surface area contributed by atoms with Gasteiger partial charge in [0, 0.05) is 4.75 Å². The van der Waals surface area contributed by atoms with Crippen molar-refractivity contribution in [2.45, 2.75) is 55.2 Å². The zero-order valence-corrected chi connectivity index (χ0v) is 9.49. The average molecular weight is 215 g/mol. The Bertz CT molecular complexity index is 259. The van der Waals surface area contributed by atoms with Crippen molar-refractivity contribution in [1.82, 2.24) is 5.32 Å². The largest absolute Gasteiger partial charge is 0.480 e. The minimum absolute atomic E-state index is 0.0621. The van der Waals surface area contributed by atoms with Crippen LogP contribution in [0.5, 0.6) is 0 Å². The maximum absolute atomic E-state index is 11.1. The van der Waals surface area contributed by atoms with Crippen LogP contribution in [0.15, 0.2) is 0 Å². The number of rotatable bonds is 1. The molecular weight excluding hydrogens is 198 g/mol. The molecule has 1 unspecified atom stereocenters. The molecule has 2 aliphatic rings. The van der Waals surface area contributed by atoms with Gasteiger partial charge in [0.05, 0.1) is 4.87 Å². The predicted molar refractivity (Wildman–Crippen MR) is 57.4 cm³/mol. The first-order valence-corrected chi connectivity index (χ1v) is 5.98. The molecule has 0 radical (unpaired) electrons. The molecule has 1 heterocycles. The number of aliphatic carboxylic acids is 1. The lowest BCUT2D eigenvalue weighted by Crippen LogP contribution is -2.47. The molecule has 2 fully saturated rings. The molecule has 2 rings (SSSR count). The predicted octanol–water partition coefficient (Wildman–Crippen LogP) is 1.82. The lowest BCUT2D eigenvalue weighted by atomic mass is 10.0. The van der Waals surface area contributed by atoms with Crippen molar-refractivity contribution in [2.24, 2.45) is 0 Å². The van der Waals surface area contributed by atoms with E-state index in [2.05, 4.69) is 5.32 Å². The van der Waals surface area contributed by atoms with Crippen molar-refractivity contribution >= 4 is 17.7 Å². The fourth-order valence-corrected chi connectivity index (χ4v) is 4.53. The summed E-state index contributed by atoms with van der Waals surface area (Å²) >= 11 is 1.82. The van der Waals surface area contributed by atoms with E-state index < -0.39 is 12.0 Å². The molecule has 3 nitrogen and oxygen atoms in total. The van der Waals surface area contributed by atoms with Crippen LogP contribution < -0.4 is 5.32 Å². The van der Waals surface area contributed by atoms with Crippen molar-refractivity contribution in [3.63, 3.8) is 0 Å². The summed E-state index contributed by atoms with van der Waals surface area (Å²) in [6, 6.07) is -0.398. The van der Waals surface area contributed by atoms with Gasteiger partial charge in [0.15, 0.2) is 0 Å². The third-order valence-electron chi connectivity index (χ3n) is 3.22. The topological polar surface area (TPSA) is 49.3 Å². The lowest BCUT2D eigenvalue weighted by Gasteiger charge is -2.23. The molecule has 0 aromatic heterocycles. The summed E-state index contributed by atoms with van der Waals surface area (Å²) in [5, 5.41) is 12.4. The first-order chi connectivity index (χ1) is 6.45. The van der Waals surface area contributed by atoms with E-state index >= 15 is 0 Å². The summed E-state index contributed by atoms with van der Waals surface area (Å²) in [6.07, 6.45) is 4.68. The van der Waals surface area contributed by atoms with Gasteiger partial charge < -0.3 is 5.11 Å². The lowest BCUT2D eigenvalue weighted by molar-refractivity contribution is -0.140. The Morgan fingerprint density at radius 1 is 1.43 bits per heavy atom. The van der Waals surface area contributed by atoms with Gasteiger partial charge in [0.2, 0.25) is 0 Å². The van der Waals surface area contributed by atoms with Crippen LogP contribution in [0.2, 0.25) is 0 Å². The average Bonchev–Trinajstić information content (AvgIpc) is 2.57. The molecule has 14 heavy (non-hydrogen) atoms. The Morgan fingerprint density at radius 3 is 2.43 bits per heavy atom. The van der Waals surface area contributed by atoms with Crippen molar-refractivity contribution in [1.29, 1.82) is 0 Å². The van der Waals surface area contributed by atoms with Gasteiger partial charge in [-0.25, -0.2) is 0 Å². The second-order valence-corrected chi connectivity index (χ2v) is 6.86. The maximum atomic E-state index is 11.1. The number of hydrogen-bond donors (Lipinski definition) is 2. The molecule has 1 saturated carbocycles. The third-order valence-corrected chi connectivity index (χ3v) is 4.90. The van der Waals surface area contributed by atoms with Gasteiger partial charge in [-0.3, -0.25) is 10.1 Å². The van der Waals surface area contributed by atoms with Crippen LogP contribution in [-0.2, 0) is 4.79 Å². The molecular formula is C10H17NO2S. The molecule has 80 valence electrons. The molecule has 1 aliphatic heterocycles. The number of thioether (sulfide) groups is 1. The maximum Gasteiger partial charge on any atom is 0.322 e. The van der Waals surface area contributed by atoms with E-state index in [0.29, 0.717) is 0 Å². The van der Waals surface area contributed by atoms with Crippen LogP contribution in [0.1, 0.15) is 39.5 Å². The fraction of sp³-hybridized carbons (Fsp3) is 0.900. The quantitative estimate of drug-likeness (QED) is 0.700. The number of carboxylic acid groups (broad SMARTS) is 1. The second-order valence-electron chi connectivity index (χ2n) is 4.82. The van der Waals surface area contributed by atoms with Crippen LogP contribution in [-0.4, -0.2) is 26.7 Å². The zero-order chi connectivity index (χ0) is 10.4. The molecule has 4 heteroatoms. The molecule has 1 spiro atoms. The Hall–Kier alpha value is -0.220. The van der Waals surface area contributed by atoms with E-state index in [9.17, 15) is 4.79 Å². The normalized spacial score (nSPS) is 33.7. The van der Waals surface area contributed by atoms with Gasteiger partial charge in [-0.05, 0) is 26.7 Å². The number of carboxylic acids is 1. The van der Waals surface area contributed by atoms with Gasteiger partial charge >= 0.3 is 5.97 Å². The van der Waals surface area contributed by atoms with Gasteiger partial charge in [-0.2, -0.15) is 0 Å². The fourth-order valence-electron chi connectivity index (χ4n) is 2.58. The smallest absolute Gasteiger partial charge is 0.322 e. The molecule has 2 N–H and O–H groups in total. The van der Waals surface area contributed by atoms with Gasteiger partial charge in [0.1, 0.15) is 6.04 Å². The SMILES string of the molecule is CC1(C)SC2(CCCC2)NC1C(=O)O. The van der Waals surface area contributed by atoms with E-state index in [1.807, 2.05) is 25.6 Å². The summed E-state index contributed by atoms with van der Waals surface area (Å²) in [5.41, 5.74) is 0. The highest BCUT2D eigenvalue weighted by atomic mass is 32.2. The summed E-state index contributed by atoms with van der Waals surface area (Å²) in [4.78, 5) is 11.1. The van der Waals surface area contributed by atoms with Crippen LogP contribution in [0.4, 0.5) is 0 Å². The van der Waals surface area contributed by atoms with Crippen molar-refractivity contribution in [3.8, 4) is 0 Å². The van der Waals surface area contributed by atoms with E-state index in [0.717, 1.165) is 12.8 Å². The zero-order valence-electron chi connectivity index (χ0n) is 8.67. The Balaban J connectivity index is 2.19. The van der Waals surface area contributed by atoms with E-state index in [4.69, 9.17) is 5.11 Å². The Kier molecular flexibility index (Phi) is 2.31. The van der Waals surface area contributed by atoms with E-state index in [1.165, 1.54) is 12.8 Å². The summed E-state index contributed by atoms with van der Waals surface area (Å²) < 4.78 is -0.184. The van der Waals surface area contributed by atoms with E-state index in [-0.39, 0.29) is 9.62 Å². The standard InChI is InChI=1S/C10H17NO2S/c1-9(2)7(8(12)13)11-10(14-9)5-3-4-6-10/h7,11H,3-6H2,1-2H3,(H,12,13). The first kappa shape index (κ1) is 10.3. The van der Waals surface area contributed by atoms with Gasteiger partial charge in [0.25, 0.3) is 0 Å². The first-order valence-electron chi connectivity index (χ1n) is 5.16. The molecule has 1 saturated heterocycles. The van der Waals surface area contributed by atoms with Crippen molar-refractivity contribution < 1.29 is 9.90 Å². The summed E-state index contributed by atoms with van der Waals surface area (Å²) in [6.45, 7) is 4.05. The number of hydrogen-bond acceptors (Lipinski definition) is 3. The Morgan fingerprint density at radius 2 is 2.00 bits per heavy atom. The molecule has 1 aliphatic carbocycles. The minimum Gasteiger partial charge on any atom is -0.480 e. The van der Waals surface area contributed by atoms with Crippen molar-refractivity contribution in [3.05, 3.63) is 0 Å². The monoisotopic (exact) mass is 215 g/mol. The minimum atomic E-state index is -0.716. The van der Waals surface area contributed by atoms with Crippen LogP contribution >= 0.6 is 11.8 Å². The van der Waals surface area contributed by atoms with Gasteiger partial charge in [-0.1, -0.05) is 12.8 Å².